The van der Waals surface area contributed by atoms with Crippen LogP contribution in [-0.2, 0) is 13.1 Å². The van der Waals surface area contributed by atoms with Crippen molar-refractivity contribution in [3.05, 3.63) is 82.4 Å². The van der Waals surface area contributed by atoms with Gasteiger partial charge in [-0.1, -0.05) is 48.0 Å². The summed E-state index contributed by atoms with van der Waals surface area (Å²) in [5.41, 5.74) is 1.57. The molecule has 0 atom stereocenters. The van der Waals surface area contributed by atoms with Gasteiger partial charge in [0, 0.05) is 29.7 Å². The van der Waals surface area contributed by atoms with Gasteiger partial charge in [-0.15, -0.1) is 0 Å². The highest BCUT2D eigenvalue weighted by Gasteiger charge is 2.05. The molecule has 0 saturated heterocycles. The first kappa shape index (κ1) is 17.2. The van der Waals surface area contributed by atoms with Crippen LogP contribution in [-0.4, -0.2) is 9.97 Å². The molecule has 0 radical (unpaired) electrons. The topological polar surface area (TPSA) is 49.8 Å². The molecule has 0 aliphatic heterocycles. The summed E-state index contributed by atoms with van der Waals surface area (Å²) in [5.74, 6) is 1.71. The molecule has 0 unspecified atom stereocenters. The van der Waals surface area contributed by atoms with E-state index in [1.165, 1.54) is 6.07 Å². The first-order valence-electron chi connectivity index (χ1n) is 7.92. The number of aromatic nitrogens is 2. The molecular weight excluding hydrogens is 339 g/mol. The summed E-state index contributed by atoms with van der Waals surface area (Å²) < 4.78 is 13.7. The standard InChI is InChI=1S/C19H18ClFN4/c1-13-24-18(22-11-14-6-2-4-8-16(14)20)10-19(25-13)23-12-15-7-3-5-9-17(15)21/h2-10H,11-12H2,1H3,(H2,22,23,24,25). The second-order valence-corrected chi connectivity index (χ2v) is 5.98. The molecule has 25 heavy (non-hydrogen) atoms. The van der Waals surface area contributed by atoms with E-state index in [2.05, 4.69) is 20.6 Å². The third-order valence-corrected chi connectivity index (χ3v) is 4.04. The predicted molar refractivity (Wildman–Crippen MR) is 99.3 cm³/mol. The summed E-state index contributed by atoms with van der Waals surface area (Å²) >= 11 is 6.16. The average Bonchev–Trinajstić information content (AvgIpc) is 2.60. The fourth-order valence-corrected chi connectivity index (χ4v) is 2.61. The lowest BCUT2D eigenvalue weighted by Crippen LogP contribution is -2.08. The van der Waals surface area contributed by atoms with E-state index in [4.69, 9.17) is 11.6 Å². The van der Waals surface area contributed by atoms with Crippen molar-refractivity contribution in [2.75, 3.05) is 10.6 Å². The van der Waals surface area contributed by atoms with Crippen LogP contribution in [0.25, 0.3) is 0 Å². The van der Waals surface area contributed by atoms with E-state index < -0.39 is 0 Å². The molecule has 2 N–H and O–H groups in total. The van der Waals surface area contributed by atoms with Crippen molar-refractivity contribution in [1.82, 2.24) is 9.97 Å². The molecule has 0 bridgehead atoms. The van der Waals surface area contributed by atoms with Crippen LogP contribution in [0.4, 0.5) is 16.0 Å². The zero-order valence-corrected chi connectivity index (χ0v) is 14.5. The molecule has 2 aromatic carbocycles. The first-order chi connectivity index (χ1) is 12.1. The summed E-state index contributed by atoms with van der Waals surface area (Å²) in [6, 6.07) is 16.1. The predicted octanol–water partition coefficient (Wildman–Crippen LogP) is 4.80. The summed E-state index contributed by atoms with van der Waals surface area (Å²) in [6.07, 6.45) is 0. The molecule has 3 rings (SSSR count). The number of nitrogens with zero attached hydrogens (tertiary/aromatic N) is 2. The fraction of sp³-hybridized carbons (Fsp3) is 0.158. The Hall–Kier alpha value is -2.66. The Bertz CT molecular complexity index is 802. The van der Waals surface area contributed by atoms with Gasteiger partial charge in [-0.05, 0) is 24.6 Å². The van der Waals surface area contributed by atoms with Crippen molar-refractivity contribution in [3.8, 4) is 0 Å². The van der Waals surface area contributed by atoms with Crippen LogP contribution < -0.4 is 10.6 Å². The van der Waals surface area contributed by atoms with E-state index in [-0.39, 0.29) is 5.82 Å². The largest absolute Gasteiger partial charge is 0.366 e. The number of aryl methyl sites for hydroxylation is 1. The van der Waals surface area contributed by atoms with Crippen LogP contribution in [0.5, 0.6) is 0 Å². The molecule has 128 valence electrons. The molecule has 0 aliphatic carbocycles. The SMILES string of the molecule is Cc1nc(NCc2ccccc2F)cc(NCc2ccccc2Cl)n1. The van der Waals surface area contributed by atoms with Gasteiger partial charge in [-0.2, -0.15) is 0 Å². The first-order valence-corrected chi connectivity index (χ1v) is 8.30. The Morgan fingerprint density at radius 3 is 2.08 bits per heavy atom. The number of hydrogen-bond acceptors (Lipinski definition) is 4. The van der Waals surface area contributed by atoms with Crippen molar-refractivity contribution >= 4 is 23.2 Å². The minimum atomic E-state index is -0.238. The Labute approximate surface area is 151 Å². The van der Waals surface area contributed by atoms with Gasteiger partial charge >= 0.3 is 0 Å². The molecule has 0 amide bonds. The zero-order chi connectivity index (χ0) is 17.6. The second kappa shape index (κ2) is 7.94. The van der Waals surface area contributed by atoms with Crippen LogP contribution in [0.3, 0.4) is 0 Å². The van der Waals surface area contributed by atoms with Crippen molar-refractivity contribution < 1.29 is 4.39 Å². The molecule has 1 heterocycles. The minimum Gasteiger partial charge on any atom is -0.366 e. The van der Waals surface area contributed by atoms with Gasteiger partial charge < -0.3 is 10.6 Å². The number of hydrogen-bond donors (Lipinski definition) is 2. The number of rotatable bonds is 6. The molecule has 3 aromatic rings. The van der Waals surface area contributed by atoms with Gasteiger partial charge in [0.05, 0.1) is 0 Å². The maximum Gasteiger partial charge on any atom is 0.132 e. The van der Waals surface area contributed by atoms with Gasteiger partial charge in [0.1, 0.15) is 23.3 Å². The molecule has 0 saturated carbocycles. The third-order valence-electron chi connectivity index (χ3n) is 3.67. The van der Waals surface area contributed by atoms with E-state index in [1.807, 2.05) is 37.3 Å². The molecule has 4 nitrogen and oxygen atoms in total. The number of anilines is 2. The maximum atomic E-state index is 13.7. The number of nitrogens with one attached hydrogen (secondary N) is 2. The van der Waals surface area contributed by atoms with Gasteiger partial charge in [0.15, 0.2) is 0 Å². The van der Waals surface area contributed by atoms with Crippen LogP contribution in [0.2, 0.25) is 5.02 Å². The molecule has 0 fully saturated rings. The van der Waals surface area contributed by atoms with Gasteiger partial charge in [-0.25, -0.2) is 14.4 Å². The summed E-state index contributed by atoms with van der Waals surface area (Å²) in [6.45, 7) is 2.73. The molecule has 0 spiro atoms. The van der Waals surface area contributed by atoms with Crippen LogP contribution in [0, 0.1) is 12.7 Å². The lowest BCUT2D eigenvalue weighted by atomic mass is 10.2. The quantitative estimate of drug-likeness (QED) is 0.666. The van der Waals surface area contributed by atoms with E-state index >= 15 is 0 Å². The summed E-state index contributed by atoms with van der Waals surface area (Å²) in [5, 5.41) is 7.09. The Kier molecular flexibility index (Phi) is 5.46. The molecule has 0 aliphatic rings. The highest BCUT2D eigenvalue weighted by molar-refractivity contribution is 6.31. The fourth-order valence-electron chi connectivity index (χ4n) is 2.40. The number of halogens is 2. The lowest BCUT2D eigenvalue weighted by Gasteiger charge is -2.11. The van der Waals surface area contributed by atoms with E-state index in [0.29, 0.717) is 41.1 Å². The Morgan fingerprint density at radius 2 is 1.44 bits per heavy atom. The Morgan fingerprint density at radius 1 is 0.880 bits per heavy atom. The van der Waals surface area contributed by atoms with Crippen molar-refractivity contribution in [2.45, 2.75) is 20.0 Å². The number of benzene rings is 2. The monoisotopic (exact) mass is 356 g/mol. The molecule has 1 aromatic heterocycles. The normalized spacial score (nSPS) is 10.5. The third kappa shape index (κ3) is 4.67. The zero-order valence-electron chi connectivity index (χ0n) is 13.8. The molecular formula is C19H18ClFN4. The van der Waals surface area contributed by atoms with Gasteiger partial charge in [0.25, 0.3) is 0 Å². The van der Waals surface area contributed by atoms with Crippen LogP contribution in [0.15, 0.2) is 54.6 Å². The van der Waals surface area contributed by atoms with E-state index in [0.717, 1.165) is 5.56 Å². The lowest BCUT2D eigenvalue weighted by molar-refractivity contribution is 0.613. The highest BCUT2D eigenvalue weighted by atomic mass is 35.5. The van der Waals surface area contributed by atoms with Crippen LogP contribution in [0.1, 0.15) is 17.0 Å². The van der Waals surface area contributed by atoms with Crippen molar-refractivity contribution in [1.29, 1.82) is 0 Å². The molecule has 6 heteroatoms. The van der Waals surface area contributed by atoms with Crippen LogP contribution >= 0.6 is 11.6 Å². The highest BCUT2D eigenvalue weighted by Crippen LogP contribution is 2.18. The Balaban J connectivity index is 1.68. The second-order valence-electron chi connectivity index (χ2n) is 5.58. The van der Waals surface area contributed by atoms with Crippen molar-refractivity contribution in [3.63, 3.8) is 0 Å². The smallest absolute Gasteiger partial charge is 0.132 e. The van der Waals surface area contributed by atoms with E-state index in [1.54, 1.807) is 18.2 Å². The van der Waals surface area contributed by atoms with Gasteiger partial charge in [-0.3, -0.25) is 0 Å². The van der Waals surface area contributed by atoms with Gasteiger partial charge in [0.2, 0.25) is 0 Å². The summed E-state index contributed by atoms with van der Waals surface area (Å²) in [4.78, 5) is 8.71. The van der Waals surface area contributed by atoms with E-state index in [9.17, 15) is 4.39 Å². The minimum absolute atomic E-state index is 0.238. The average molecular weight is 357 g/mol. The van der Waals surface area contributed by atoms with Crippen molar-refractivity contribution in [2.24, 2.45) is 0 Å². The summed E-state index contributed by atoms with van der Waals surface area (Å²) in [7, 11) is 0. The maximum absolute atomic E-state index is 13.7.